The Kier molecular flexibility index (Phi) is 5.48. The number of aromatic nitrogens is 2. The lowest BCUT2D eigenvalue weighted by molar-refractivity contribution is 0.617. The number of aliphatic imine (C=N–C) groups is 1. The number of hydrogen-bond acceptors (Lipinski definition) is 6. The molecule has 0 saturated carbocycles. The number of rotatable bonds is 5. The van der Waals surface area contributed by atoms with Crippen LogP contribution in [0.3, 0.4) is 0 Å². The molecule has 160 valence electrons. The van der Waals surface area contributed by atoms with Gasteiger partial charge in [0, 0.05) is 62.3 Å². The summed E-state index contributed by atoms with van der Waals surface area (Å²) < 4.78 is 16.0. The monoisotopic (exact) mass is 420 g/mol. The first-order chi connectivity index (χ1) is 14.9. The molecule has 2 aromatic carbocycles. The molecule has 0 radical (unpaired) electrons. The van der Waals surface area contributed by atoms with E-state index < -0.39 is 5.82 Å². The third-order valence-electron chi connectivity index (χ3n) is 5.64. The van der Waals surface area contributed by atoms with E-state index in [-0.39, 0.29) is 11.4 Å². The molecule has 4 rings (SSSR count). The Morgan fingerprint density at radius 1 is 1.32 bits per heavy atom. The van der Waals surface area contributed by atoms with Gasteiger partial charge in [0.15, 0.2) is 5.82 Å². The zero-order chi connectivity index (χ0) is 22.1. The summed E-state index contributed by atoms with van der Waals surface area (Å²) in [4.78, 5) is 6.66. The minimum absolute atomic E-state index is 0.143. The first kappa shape index (κ1) is 20.6. The number of anilines is 2. The van der Waals surface area contributed by atoms with Gasteiger partial charge in [0.05, 0.1) is 16.8 Å². The van der Waals surface area contributed by atoms with Gasteiger partial charge in [0.25, 0.3) is 0 Å². The first-order valence-electron chi connectivity index (χ1n) is 10.1. The molecule has 0 spiro atoms. The maximum Gasteiger partial charge on any atom is 0.153 e. The second kappa shape index (κ2) is 8.24. The molecule has 1 fully saturated rings. The zero-order valence-corrected chi connectivity index (χ0v) is 17.8. The van der Waals surface area contributed by atoms with Crippen LogP contribution in [0.15, 0.2) is 35.5 Å². The highest BCUT2D eigenvalue weighted by Crippen LogP contribution is 2.31. The molecule has 2 heterocycles. The fraction of sp³-hybridized carbons (Fsp3) is 0.318. The van der Waals surface area contributed by atoms with Crippen molar-refractivity contribution in [1.82, 2.24) is 15.1 Å². The van der Waals surface area contributed by atoms with E-state index in [2.05, 4.69) is 31.7 Å². The van der Waals surface area contributed by atoms with Gasteiger partial charge in [-0.1, -0.05) is 0 Å². The fourth-order valence-electron chi connectivity index (χ4n) is 4.06. The maximum atomic E-state index is 14.4. The van der Waals surface area contributed by atoms with Gasteiger partial charge in [-0.3, -0.25) is 4.68 Å². The van der Waals surface area contributed by atoms with Crippen molar-refractivity contribution in [2.75, 3.05) is 37.4 Å². The predicted octanol–water partition coefficient (Wildman–Crippen LogP) is 2.46. The number of nitrogens with two attached hydrogens (primary N) is 1. The van der Waals surface area contributed by atoms with E-state index in [4.69, 9.17) is 5.73 Å². The van der Waals surface area contributed by atoms with Gasteiger partial charge in [0.1, 0.15) is 17.4 Å². The molecule has 8 nitrogen and oxygen atoms in total. The summed E-state index contributed by atoms with van der Waals surface area (Å²) in [6, 6.07) is 9.49. The van der Waals surface area contributed by atoms with Crippen molar-refractivity contribution >= 4 is 33.8 Å². The summed E-state index contributed by atoms with van der Waals surface area (Å²) in [6.07, 6.45) is 2.76. The number of aryl methyl sites for hydroxylation is 1. The second-order valence-corrected chi connectivity index (χ2v) is 7.66. The molecule has 31 heavy (non-hydrogen) atoms. The predicted molar refractivity (Wildman–Crippen MR) is 121 cm³/mol. The Hall–Kier alpha value is -3.64. The summed E-state index contributed by atoms with van der Waals surface area (Å²) in [5.41, 5.74) is 9.54. The molecule has 9 heteroatoms. The third kappa shape index (κ3) is 3.90. The van der Waals surface area contributed by atoms with Crippen LogP contribution >= 0.6 is 0 Å². The van der Waals surface area contributed by atoms with Crippen LogP contribution in [0.4, 0.5) is 21.5 Å². The maximum absolute atomic E-state index is 14.4. The molecule has 0 amide bonds. The van der Waals surface area contributed by atoms with E-state index in [0.29, 0.717) is 33.9 Å². The topological polar surface area (TPSA) is 107 Å². The number of nitriles is 1. The Morgan fingerprint density at radius 2 is 2.13 bits per heavy atom. The molecule has 1 aliphatic rings. The van der Waals surface area contributed by atoms with Crippen molar-refractivity contribution in [2.24, 2.45) is 17.8 Å². The van der Waals surface area contributed by atoms with E-state index >= 15 is 0 Å². The number of nitrogens with one attached hydrogen (secondary N) is 2. The Balaban J connectivity index is 1.75. The van der Waals surface area contributed by atoms with E-state index in [1.807, 2.05) is 19.2 Å². The van der Waals surface area contributed by atoms with Crippen molar-refractivity contribution in [1.29, 1.82) is 5.26 Å². The molecule has 1 atom stereocenters. The van der Waals surface area contributed by atoms with Gasteiger partial charge in [-0.05, 0) is 31.7 Å². The number of hydrogen-bond donors (Lipinski definition) is 3. The lowest BCUT2D eigenvalue weighted by atomic mass is 10.0. The normalized spacial score (nSPS) is 16.7. The molecule has 0 bridgehead atoms. The summed E-state index contributed by atoms with van der Waals surface area (Å²) in [5.74, 6) is -0.327. The molecule has 1 aliphatic heterocycles. The van der Waals surface area contributed by atoms with Crippen molar-refractivity contribution in [2.45, 2.75) is 12.5 Å². The molecule has 1 unspecified atom stereocenters. The average molecular weight is 420 g/mol. The van der Waals surface area contributed by atoms with Gasteiger partial charge in [-0.25, -0.2) is 9.38 Å². The van der Waals surface area contributed by atoms with E-state index in [1.165, 1.54) is 6.07 Å². The van der Waals surface area contributed by atoms with Gasteiger partial charge >= 0.3 is 0 Å². The second-order valence-electron chi connectivity index (χ2n) is 7.66. The van der Waals surface area contributed by atoms with Crippen LogP contribution in [0, 0.1) is 17.1 Å². The molecule has 1 saturated heterocycles. The number of likely N-dealkylation sites (N-methyl/N-ethyl adjacent to an activating group) is 1. The van der Waals surface area contributed by atoms with Crippen molar-refractivity contribution in [3.8, 4) is 6.07 Å². The summed E-state index contributed by atoms with van der Waals surface area (Å²) in [6.45, 7) is 1.78. The molecule has 1 aromatic heterocycles. The molecule has 4 N–H and O–H groups in total. The summed E-state index contributed by atoms with van der Waals surface area (Å²) in [7, 11) is 5.47. The number of nitrogens with zero attached hydrogens (tertiary/aromatic N) is 5. The lowest BCUT2D eigenvalue weighted by Crippen LogP contribution is -2.29. The van der Waals surface area contributed by atoms with Crippen LogP contribution in [0.2, 0.25) is 0 Å². The van der Waals surface area contributed by atoms with Crippen LogP contribution in [-0.2, 0) is 7.05 Å². The number of halogens is 1. The van der Waals surface area contributed by atoms with Crippen LogP contribution in [0.25, 0.3) is 10.9 Å². The van der Waals surface area contributed by atoms with E-state index in [9.17, 15) is 9.65 Å². The van der Waals surface area contributed by atoms with Crippen LogP contribution in [0.5, 0.6) is 0 Å². The lowest BCUT2D eigenvalue weighted by Gasteiger charge is -2.22. The minimum Gasteiger partial charge on any atom is -0.387 e. The first-order valence-corrected chi connectivity index (χ1v) is 10.1. The Labute approximate surface area is 180 Å². The van der Waals surface area contributed by atoms with Crippen molar-refractivity contribution < 1.29 is 4.39 Å². The van der Waals surface area contributed by atoms with Crippen molar-refractivity contribution in [3.63, 3.8) is 0 Å². The van der Waals surface area contributed by atoms with Crippen molar-refractivity contribution in [3.05, 3.63) is 47.4 Å². The third-order valence-corrected chi connectivity index (χ3v) is 5.64. The largest absolute Gasteiger partial charge is 0.387 e. The Bertz CT molecular complexity index is 1210. The SMILES string of the molecule is CNc1cc(N2CCC(NC)C2)cc(C#N)c1C(N)=Nc1cc(F)c2nn(C)cc2c1. The highest BCUT2D eigenvalue weighted by molar-refractivity contribution is 6.06. The smallest absolute Gasteiger partial charge is 0.153 e. The molecular formula is C22H25FN8. The van der Waals surface area contributed by atoms with Crippen LogP contribution < -0.4 is 21.3 Å². The molecule has 3 aromatic rings. The highest BCUT2D eigenvalue weighted by Gasteiger charge is 2.23. The van der Waals surface area contributed by atoms with Gasteiger partial charge in [-0.2, -0.15) is 10.4 Å². The van der Waals surface area contributed by atoms with Gasteiger partial charge < -0.3 is 21.3 Å². The zero-order valence-electron chi connectivity index (χ0n) is 17.8. The van der Waals surface area contributed by atoms with E-state index in [1.54, 1.807) is 31.0 Å². The molecular weight excluding hydrogens is 395 g/mol. The van der Waals surface area contributed by atoms with Gasteiger partial charge in [0.2, 0.25) is 0 Å². The van der Waals surface area contributed by atoms with Crippen LogP contribution in [-0.4, -0.2) is 48.8 Å². The summed E-state index contributed by atoms with van der Waals surface area (Å²) in [5, 5.41) is 21.0. The fourth-order valence-corrected chi connectivity index (χ4v) is 4.06. The van der Waals surface area contributed by atoms with Gasteiger partial charge in [-0.15, -0.1) is 0 Å². The number of benzene rings is 2. The van der Waals surface area contributed by atoms with E-state index in [0.717, 1.165) is 25.2 Å². The molecule has 0 aliphatic carbocycles. The number of amidine groups is 1. The standard InChI is InChI=1S/C22H25FN8/c1-26-15-4-5-31(12-15)17-7-13(10-24)20(19(9-17)27-2)22(25)28-16-6-14-11-30(3)29-21(14)18(23)8-16/h6-9,11,15,26-27H,4-5,12H2,1-3H3,(H2,25,28). The number of fused-ring (bicyclic) bond motifs is 1. The average Bonchev–Trinajstić information content (AvgIpc) is 3.39. The highest BCUT2D eigenvalue weighted by atomic mass is 19.1. The summed E-state index contributed by atoms with van der Waals surface area (Å²) >= 11 is 0. The Morgan fingerprint density at radius 3 is 2.81 bits per heavy atom. The minimum atomic E-state index is -0.470. The van der Waals surface area contributed by atoms with Crippen LogP contribution in [0.1, 0.15) is 17.5 Å². The quantitative estimate of drug-likeness (QED) is 0.432.